The van der Waals surface area contributed by atoms with Crippen LogP contribution < -0.4 is 0 Å². The summed E-state index contributed by atoms with van der Waals surface area (Å²) in [6.07, 6.45) is 3.91. The summed E-state index contributed by atoms with van der Waals surface area (Å²) in [6.45, 7) is 0.670. The van der Waals surface area contributed by atoms with Crippen molar-refractivity contribution in [2.45, 2.75) is 12.8 Å². The van der Waals surface area contributed by atoms with E-state index in [1.807, 2.05) is 36.4 Å². The minimum Gasteiger partial charge on any atom is -0.338 e. The SMILES string of the molecule is O=C(c1cc(F)ccc1F)C1CCN(C(=O)c2cnn3c(-c4ccccc4)ccnc23)CC1. The highest BCUT2D eigenvalue weighted by Crippen LogP contribution is 2.26. The number of hydrogen-bond acceptors (Lipinski definition) is 4. The number of halogens is 2. The lowest BCUT2D eigenvalue weighted by Gasteiger charge is -2.31. The molecule has 0 saturated carbocycles. The largest absolute Gasteiger partial charge is 0.338 e. The summed E-state index contributed by atoms with van der Waals surface area (Å²) in [4.78, 5) is 31.9. The number of carbonyl (C=O) groups is 2. The van der Waals surface area contributed by atoms with Gasteiger partial charge in [-0.25, -0.2) is 18.3 Å². The van der Waals surface area contributed by atoms with Crippen LogP contribution in [0.25, 0.3) is 16.9 Å². The van der Waals surface area contributed by atoms with Gasteiger partial charge in [0.1, 0.15) is 17.2 Å². The van der Waals surface area contributed by atoms with E-state index in [-0.39, 0.29) is 11.5 Å². The number of fused-ring (bicyclic) bond motifs is 1. The van der Waals surface area contributed by atoms with E-state index in [9.17, 15) is 18.4 Å². The minimum absolute atomic E-state index is 0.217. The van der Waals surface area contributed by atoms with Gasteiger partial charge in [-0.1, -0.05) is 30.3 Å². The molecule has 1 aliphatic heterocycles. The van der Waals surface area contributed by atoms with Gasteiger partial charge in [-0.2, -0.15) is 5.10 Å². The second-order valence-electron chi connectivity index (χ2n) is 8.04. The van der Waals surface area contributed by atoms with E-state index in [0.717, 1.165) is 29.5 Å². The zero-order chi connectivity index (χ0) is 22.9. The zero-order valence-corrected chi connectivity index (χ0v) is 17.6. The molecule has 1 saturated heterocycles. The van der Waals surface area contributed by atoms with E-state index in [1.54, 1.807) is 15.6 Å². The third-order valence-corrected chi connectivity index (χ3v) is 6.05. The molecule has 5 rings (SSSR count). The number of amides is 1. The average molecular weight is 446 g/mol. The van der Waals surface area contributed by atoms with Crippen LogP contribution >= 0.6 is 0 Å². The van der Waals surface area contributed by atoms with Crippen molar-refractivity contribution in [2.75, 3.05) is 13.1 Å². The van der Waals surface area contributed by atoms with Crippen LogP contribution in [0.15, 0.2) is 67.0 Å². The first-order valence-electron chi connectivity index (χ1n) is 10.7. The van der Waals surface area contributed by atoms with Crippen LogP contribution in [0.3, 0.4) is 0 Å². The fourth-order valence-corrected chi connectivity index (χ4v) is 4.29. The number of ketones is 1. The second kappa shape index (κ2) is 8.54. The molecular formula is C25H20F2N4O2. The van der Waals surface area contributed by atoms with E-state index >= 15 is 0 Å². The molecule has 33 heavy (non-hydrogen) atoms. The number of carbonyl (C=O) groups excluding carboxylic acids is 2. The predicted octanol–water partition coefficient (Wildman–Crippen LogP) is 4.41. The average Bonchev–Trinajstić information content (AvgIpc) is 3.29. The van der Waals surface area contributed by atoms with E-state index in [0.29, 0.717) is 37.1 Å². The van der Waals surface area contributed by atoms with Gasteiger partial charge in [0.2, 0.25) is 0 Å². The Labute approximate surface area is 188 Å². The quantitative estimate of drug-likeness (QED) is 0.436. The van der Waals surface area contributed by atoms with Crippen LogP contribution in [0, 0.1) is 17.6 Å². The summed E-state index contributed by atoms with van der Waals surface area (Å²) in [5.74, 6) is -2.48. The number of nitrogens with zero attached hydrogens (tertiary/aromatic N) is 4. The molecule has 0 bridgehead atoms. The fourth-order valence-electron chi connectivity index (χ4n) is 4.29. The van der Waals surface area contributed by atoms with Gasteiger partial charge in [-0.3, -0.25) is 9.59 Å². The summed E-state index contributed by atoms with van der Waals surface area (Å²) in [6, 6.07) is 14.4. The molecular weight excluding hydrogens is 426 g/mol. The molecule has 0 spiro atoms. The molecule has 3 heterocycles. The Morgan fingerprint density at radius 1 is 0.939 bits per heavy atom. The first-order valence-corrected chi connectivity index (χ1v) is 10.7. The van der Waals surface area contributed by atoms with E-state index < -0.39 is 23.3 Å². The third-order valence-electron chi connectivity index (χ3n) is 6.05. The monoisotopic (exact) mass is 446 g/mol. The standard InChI is InChI=1S/C25H20F2N4O2/c26-18-6-7-21(27)19(14-18)23(32)17-9-12-30(13-10-17)25(33)20-15-29-31-22(8-11-28-24(20)31)16-4-2-1-3-5-16/h1-8,11,14-15,17H,9-10,12-13H2. The predicted molar refractivity (Wildman–Crippen MR) is 118 cm³/mol. The molecule has 2 aromatic carbocycles. The number of rotatable bonds is 4. The van der Waals surface area contributed by atoms with E-state index in [4.69, 9.17) is 0 Å². The number of piperidine rings is 1. The lowest BCUT2D eigenvalue weighted by Crippen LogP contribution is -2.40. The van der Waals surface area contributed by atoms with Crippen LogP contribution in [0.1, 0.15) is 33.6 Å². The number of likely N-dealkylation sites (tertiary alicyclic amines) is 1. The molecule has 4 aromatic rings. The van der Waals surface area contributed by atoms with Crippen molar-refractivity contribution < 1.29 is 18.4 Å². The summed E-state index contributed by atoms with van der Waals surface area (Å²) in [5.41, 5.74) is 2.38. The second-order valence-corrected chi connectivity index (χ2v) is 8.04. The van der Waals surface area contributed by atoms with Crippen LogP contribution in [-0.2, 0) is 0 Å². The van der Waals surface area contributed by atoms with Gasteiger partial charge in [-0.15, -0.1) is 0 Å². The van der Waals surface area contributed by atoms with Crippen molar-refractivity contribution in [1.29, 1.82) is 0 Å². The lowest BCUT2D eigenvalue weighted by atomic mass is 9.88. The molecule has 1 fully saturated rings. The summed E-state index contributed by atoms with van der Waals surface area (Å²) < 4.78 is 29.1. The first kappa shape index (κ1) is 20.9. The molecule has 2 aromatic heterocycles. The molecule has 0 aliphatic carbocycles. The third kappa shape index (κ3) is 3.88. The molecule has 6 nitrogen and oxygen atoms in total. The van der Waals surface area contributed by atoms with Crippen molar-refractivity contribution in [1.82, 2.24) is 19.5 Å². The molecule has 0 radical (unpaired) electrons. The van der Waals surface area contributed by atoms with Gasteiger partial charge in [-0.05, 0) is 37.1 Å². The number of Topliss-reactive ketones (excluding diaryl/α,β-unsaturated/α-hetero) is 1. The Kier molecular flexibility index (Phi) is 5.42. The topological polar surface area (TPSA) is 67.6 Å². The Balaban J connectivity index is 1.33. The Bertz CT molecular complexity index is 1350. The maximum absolute atomic E-state index is 14.0. The number of hydrogen-bond donors (Lipinski definition) is 0. The van der Waals surface area contributed by atoms with Crippen molar-refractivity contribution in [2.24, 2.45) is 5.92 Å². The van der Waals surface area contributed by atoms with Gasteiger partial charge in [0.25, 0.3) is 5.91 Å². The maximum atomic E-state index is 14.0. The van der Waals surface area contributed by atoms with Crippen molar-refractivity contribution >= 4 is 17.3 Å². The molecule has 166 valence electrons. The zero-order valence-electron chi connectivity index (χ0n) is 17.6. The molecule has 0 N–H and O–H groups in total. The van der Waals surface area contributed by atoms with Crippen LogP contribution in [0.5, 0.6) is 0 Å². The Morgan fingerprint density at radius 2 is 1.70 bits per heavy atom. The summed E-state index contributed by atoms with van der Waals surface area (Å²) in [7, 11) is 0. The number of aromatic nitrogens is 3. The van der Waals surface area contributed by atoms with Gasteiger partial charge < -0.3 is 4.90 Å². The van der Waals surface area contributed by atoms with Crippen LogP contribution in [0.4, 0.5) is 8.78 Å². The Hall–Kier alpha value is -3.94. The van der Waals surface area contributed by atoms with Gasteiger partial charge >= 0.3 is 0 Å². The van der Waals surface area contributed by atoms with Gasteiger partial charge in [0, 0.05) is 30.8 Å². The molecule has 1 aliphatic rings. The summed E-state index contributed by atoms with van der Waals surface area (Å²) >= 11 is 0. The maximum Gasteiger partial charge on any atom is 0.259 e. The molecule has 8 heteroatoms. The van der Waals surface area contributed by atoms with Crippen molar-refractivity contribution in [3.05, 3.63) is 89.8 Å². The highest BCUT2D eigenvalue weighted by atomic mass is 19.1. The minimum atomic E-state index is -0.730. The first-order chi connectivity index (χ1) is 16.0. The smallest absolute Gasteiger partial charge is 0.259 e. The molecule has 0 unspecified atom stereocenters. The molecule has 0 atom stereocenters. The van der Waals surface area contributed by atoms with Crippen LogP contribution in [0.2, 0.25) is 0 Å². The fraction of sp³-hybridized carbons (Fsp3) is 0.200. The molecule has 1 amide bonds. The van der Waals surface area contributed by atoms with E-state index in [2.05, 4.69) is 10.1 Å². The van der Waals surface area contributed by atoms with Crippen molar-refractivity contribution in [3.63, 3.8) is 0 Å². The Morgan fingerprint density at radius 3 is 2.45 bits per heavy atom. The van der Waals surface area contributed by atoms with Gasteiger partial charge in [0.05, 0.1) is 17.5 Å². The van der Waals surface area contributed by atoms with Crippen LogP contribution in [-0.4, -0.2) is 44.3 Å². The highest BCUT2D eigenvalue weighted by molar-refractivity contribution is 6.01. The van der Waals surface area contributed by atoms with Crippen molar-refractivity contribution in [3.8, 4) is 11.3 Å². The lowest BCUT2D eigenvalue weighted by molar-refractivity contribution is 0.0650. The summed E-state index contributed by atoms with van der Waals surface area (Å²) in [5, 5.41) is 4.39. The van der Waals surface area contributed by atoms with E-state index in [1.165, 1.54) is 6.20 Å². The normalized spacial score (nSPS) is 14.5. The van der Waals surface area contributed by atoms with Gasteiger partial charge in [0.15, 0.2) is 11.4 Å². The number of benzene rings is 2. The highest BCUT2D eigenvalue weighted by Gasteiger charge is 2.31.